The molecule has 1 N–H and O–H groups in total. The van der Waals surface area contributed by atoms with E-state index in [1.165, 1.54) is 0 Å². The normalized spacial score (nSPS) is 11.7. The third kappa shape index (κ3) is 3.54. The summed E-state index contributed by atoms with van der Waals surface area (Å²) in [7, 11) is 0. The van der Waals surface area contributed by atoms with Crippen molar-refractivity contribution in [2.24, 2.45) is 0 Å². The molecular weight excluding hydrogens is 303 g/mol. The maximum Gasteiger partial charge on any atom is 0.141 e. The maximum atomic E-state index is 9.28. The van der Waals surface area contributed by atoms with Crippen LogP contribution < -0.4 is 5.32 Å². The van der Waals surface area contributed by atoms with Crippen molar-refractivity contribution in [3.8, 4) is 6.07 Å². The summed E-state index contributed by atoms with van der Waals surface area (Å²) < 4.78 is 0. The molecule has 0 heterocycles. The summed E-state index contributed by atoms with van der Waals surface area (Å²) in [6.07, 6.45) is 0. The lowest BCUT2D eigenvalue weighted by Gasteiger charge is -2.15. The van der Waals surface area contributed by atoms with Crippen molar-refractivity contribution in [3.05, 3.63) is 63.1 Å². The number of anilines is 1. The van der Waals surface area contributed by atoms with Gasteiger partial charge in [-0.15, -0.1) is 0 Å². The molecule has 1 unspecified atom stereocenters. The van der Waals surface area contributed by atoms with Gasteiger partial charge < -0.3 is 5.32 Å². The van der Waals surface area contributed by atoms with E-state index in [9.17, 15) is 5.26 Å². The van der Waals surface area contributed by atoms with Gasteiger partial charge in [0.2, 0.25) is 0 Å². The van der Waals surface area contributed by atoms with Crippen molar-refractivity contribution in [1.82, 2.24) is 0 Å². The summed E-state index contributed by atoms with van der Waals surface area (Å²) in [5.41, 5.74) is 1.38. The van der Waals surface area contributed by atoms with Gasteiger partial charge in [-0.25, -0.2) is 0 Å². The molecular formula is C14H9Cl3N2. The minimum atomic E-state index is -0.593. The fourth-order valence-corrected chi connectivity index (χ4v) is 2.26. The Labute approximate surface area is 126 Å². The molecule has 0 saturated carbocycles. The van der Waals surface area contributed by atoms with Crippen molar-refractivity contribution in [2.45, 2.75) is 6.04 Å². The molecule has 2 aromatic carbocycles. The largest absolute Gasteiger partial charge is 0.366 e. The van der Waals surface area contributed by atoms with Gasteiger partial charge in [-0.05, 0) is 36.4 Å². The zero-order valence-electron chi connectivity index (χ0n) is 9.70. The van der Waals surface area contributed by atoms with Crippen molar-refractivity contribution in [1.29, 1.82) is 5.26 Å². The van der Waals surface area contributed by atoms with Gasteiger partial charge in [0, 0.05) is 26.3 Å². The van der Waals surface area contributed by atoms with Crippen LogP contribution in [0.15, 0.2) is 42.5 Å². The van der Waals surface area contributed by atoms with Crippen molar-refractivity contribution < 1.29 is 0 Å². The van der Waals surface area contributed by atoms with Gasteiger partial charge in [0.15, 0.2) is 0 Å². The number of halogens is 3. The van der Waals surface area contributed by atoms with Crippen LogP contribution in [-0.2, 0) is 0 Å². The number of hydrogen-bond acceptors (Lipinski definition) is 2. The number of nitrogens with one attached hydrogen (secondary N) is 1. The molecule has 2 nitrogen and oxygen atoms in total. The van der Waals surface area contributed by atoms with Crippen LogP contribution >= 0.6 is 34.8 Å². The highest BCUT2D eigenvalue weighted by Gasteiger charge is 2.14. The minimum absolute atomic E-state index is 0.491. The average Bonchev–Trinajstić information content (AvgIpc) is 2.39. The summed E-state index contributed by atoms with van der Waals surface area (Å²) in [5, 5.41) is 14.0. The molecule has 19 heavy (non-hydrogen) atoms. The van der Waals surface area contributed by atoms with E-state index >= 15 is 0 Å². The molecule has 0 aliphatic heterocycles. The monoisotopic (exact) mass is 310 g/mol. The molecule has 2 rings (SSSR count). The Hall–Kier alpha value is -1.40. The Morgan fingerprint density at radius 2 is 1.74 bits per heavy atom. The molecule has 0 saturated heterocycles. The van der Waals surface area contributed by atoms with Gasteiger partial charge in [-0.1, -0.05) is 40.9 Å². The van der Waals surface area contributed by atoms with E-state index in [-0.39, 0.29) is 0 Å². The van der Waals surface area contributed by atoms with Gasteiger partial charge in [-0.2, -0.15) is 5.26 Å². The van der Waals surface area contributed by atoms with Crippen LogP contribution in [0.5, 0.6) is 0 Å². The van der Waals surface area contributed by atoms with Crippen LogP contribution in [0.2, 0.25) is 15.1 Å². The Morgan fingerprint density at radius 1 is 1.00 bits per heavy atom. The van der Waals surface area contributed by atoms with Crippen molar-refractivity contribution >= 4 is 40.5 Å². The van der Waals surface area contributed by atoms with Gasteiger partial charge in [-0.3, -0.25) is 0 Å². The Kier molecular flexibility index (Phi) is 4.55. The van der Waals surface area contributed by atoms with Gasteiger partial charge in [0.05, 0.1) is 6.07 Å². The highest BCUT2D eigenvalue weighted by Crippen LogP contribution is 2.29. The van der Waals surface area contributed by atoms with E-state index in [1.807, 2.05) is 6.07 Å². The standard InChI is InChI=1S/C14H9Cl3N2/c15-9-2-1-3-11(6-9)19-14(8-18)12-7-10(16)4-5-13(12)17/h1-7,14,19H. The minimum Gasteiger partial charge on any atom is -0.366 e. The van der Waals surface area contributed by atoms with E-state index in [2.05, 4.69) is 11.4 Å². The van der Waals surface area contributed by atoms with E-state index < -0.39 is 6.04 Å². The van der Waals surface area contributed by atoms with Crippen LogP contribution in [0.25, 0.3) is 0 Å². The quantitative estimate of drug-likeness (QED) is 0.832. The maximum absolute atomic E-state index is 9.28. The molecule has 0 fully saturated rings. The van der Waals surface area contributed by atoms with Crippen molar-refractivity contribution in [3.63, 3.8) is 0 Å². The third-order valence-electron chi connectivity index (χ3n) is 2.53. The van der Waals surface area contributed by atoms with Crippen LogP contribution in [-0.4, -0.2) is 0 Å². The number of benzene rings is 2. The third-order valence-corrected chi connectivity index (χ3v) is 3.35. The molecule has 0 amide bonds. The second-order valence-corrected chi connectivity index (χ2v) is 5.16. The molecule has 0 aliphatic rings. The van der Waals surface area contributed by atoms with Gasteiger partial charge >= 0.3 is 0 Å². The zero-order chi connectivity index (χ0) is 13.8. The van der Waals surface area contributed by atoms with E-state index in [1.54, 1.807) is 36.4 Å². The van der Waals surface area contributed by atoms with Gasteiger partial charge in [0.1, 0.15) is 6.04 Å². The van der Waals surface area contributed by atoms with Crippen LogP contribution in [0.4, 0.5) is 5.69 Å². The number of hydrogen-bond donors (Lipinski definition) is 1. The molecule has 1 atom stereocenters. The van der Waals surface area contributed by atoms with Gasteiger partial charge in [0.25, 0.3) is 0 Å². The molecule has 0 spiro atoms. The lowest BCUT2D eigenvalue weighted by Crippen LogP contribution is -2.09. The molecule has 0 aromatic heterocycles. The highest BCUT2D eigenvalue weighted by atomic mass is 35.5. The number of nitriles is 1. The molecule has 0 aliphatic carbocycles. The van der Waals surface area contributed by atoms with E-state index in [4.69, 9.17) is 34.8 Å². The summed E-state index contributed by atoms with van der Waals surface area (Å²) in [5.74, 6) is 0. The molecule has 2 aromatic rings. The smallest absolute Gasteiger partial charge is 0.141 e. The summed E-state index contributed by atoms with van der Waals surface area (Å²) in [6.45, 7) is 0. The molecule has 0 radical (unpaired) electrons. The van der Waals surface area contributed by atoms with E-state index in [0.29, 0.717) is 20.6 Å². The first-order valence-electron chi connectivity index (χ1n) is 5.47. The van der Waals surface area contributed by atoms with Crippen LogP contribution in [0.3, 0.4) is 0 Å². The first-order valence-corrected chi connectivity index (χ1v) is 6.60. The first-order chi connectivity index (χ1) is 9.10. The predicted molar refractivity (Wildman–Crippen MR) is 79.9 cm³/mol. The summed E-state index contributed by atoms with van der Waals surface area (Å²) >= 11 is 17.9. The fourth-order valence-electron chi connectivity index (χ4n) is 1.66. The number of rotatable bonds is 3. The fraction of sp³-hybridized carbons (Fsp3) is 0.0714. The van der Waals surface area contributed by atoms with Crippen LogP contribution in [0, 0.1) is 11.3 Å². The average molecular weight is 312 g/mol. The van der Waals surface area contributed by atoms with Crippen LogP contribution in [0.1, 0.15) is 11.6 Å². The molecule has 96 valence electrons. The Morgan fingerprint density at radius 3 is 2.42 bits per heavy atom. The second-order valence-electron chi connectivity index (χ2n) is 3.88. The lowest BCUT2D eigenvalue weighted by molar-refractivity contribution is 0.998. The zero-order valence-corrected chi connectivity index (χ0v) is 12.0. The Bertz CT molecular complexity index is 635. The SMILES string of the molecule is N#CC(Nc1cccc(Cl)c1)c1cc(Cl)ccc1Cl. The molecule has 5 heteroatoms. The second kappa shape index (κ2) is 6.16. The Balaban J connectivity index is 2.31. The summed E-state index contributed by atoms with van der Waals surface area (Å²) in [6, 6.07) is 13.7. The molecule has 0 bridgehead atoms. The first kappa shape index (κ1) is 14.0. The summed E-state index contributed by atoms with van der Waals surface area (Å²) in [4.78, 5) is 0. The highest BCUT2D eigenvalue weighted by molar-refractivity contribution is 6.33. The lowest BCUT2D eigenvalue weighted by atomic mass is 10.1. The van der Waals surface area contributed by atoms with Crippen molar-refractivity contribution in [2.75, 3.05) is 5.32 Å². The van der Waals surface area contributed by atoms with E-state index in [0.717, 1.165) is 5.69 Å². The predicted octanol–water partition coefficient (Wildman–Crippen LogP) is 5.32. The topological polar surface area (TPSA) is 35.8 Å². The number of nitrogens with zero attached hydrogens (tertiary/aromatic N) is 1.